The Morgan fingerprint density at radius 2 is 2.08 bits per heavy atom. The van der Waals surface area contributed by atoms with Crippen LogP contribution in [0.2, 0.25) is 0 Å². The fraction of sp³-hybridized carbons (Fsp3) is 0.353. The second kappa shape index (κ2) is 9.97. The van der Waals surface area contributed by atoms with E-state index in [1.54, 1.807) is 26.0 Å². The van der Waals surface area contributed by atoms with Crippen LogP contribution in [0.1, 0.15) is 25.8 Å². The molecule has 0 amide bonds. The second-order valence-electron chi connectivity index (χ2n) is 4.65. The molecule has 0 aromatic heterocycles. The molecule has 0 aliphatic heterocycles. The predicted molar refractivity (Wildman–Crippen MR) is 92.0 cm³/mol. The summed E-state index contributed by atoms with van der Waals surface area (Å²) in [4.78, 5) is 11.6. The number of esters is 1. The fourth-order valence-corrected chi connectivity index (χ4v) is 2.22. The number of aliphatic hydroxyl groups is 1. The van der Waals surface area contributed by atoms with Gasteiger partial charge in [0.1, 0.15) is 17.3 Å². The summed E-state index contributed by atoms with van der Waals surface area (Å²) < 4.78 is 29.4. The minimum atomic E-state index is -0.944. The highest BCUT2D eigenvalue weighted by Crippen LogP contribution is 2.28. The van der Waals surface area contributed by atoms with Gasteiger partial charge in [-0.25, -0.2) is 0 Å². The van der Waals surface area contributed by atoms with E-state index in [1.165, 1.54) is 13.2 Å². The quantitative estimate of drug-likeness (QED) is 0.392. The molecule has 0 spiro atoms. The number of hydrogen-bond donors (Lipinski definition) is 1. The van der Waals surface area contributed by atoms with E-state index in [4.69, 9.17) is 14.2 Å². The Hall–Kier alpha value is -2.02. The molecule has 0 radical (unpaired) electrons. The van der Waals surface area contributed by atoms with E-state index in [2.05, 4.69) is 15.9 Å². The summed E-state index contributed by atoms with van der Waals surface area (Å²) in [6, 6.07) is 3.77. The van der Waals surface area contributed by atoms with Crippen molar-refractivity contribution < 1.29 is 28.5 Å². The van der Waals surface area contributed by atoms with Crippen LogP contribution in [0.5, 0.6) is 11.5 Å². The first-order chi connectivity index (χ1) is 11.4. The van der Waals surface area contributed by atoms with E-state index in [0.717, 1.165) is 6.08 Å². The maximum atomic E-state index is 14.0. The molecule has 1 aromatic rings. The highest BCUT2D eigenvalue weighted by atomic mass is 79.9. The lowest BCUT2D eigenvalue weighted by Crippen LogP contribution is -2.09. The highest BCUT2D eigenvalue weighted by molar-refractivity contribution is 9.11. The molecule has 132 valence electrons. The van der Waals surface area contributed by atoms with Crippen molar-refractivity contribution in [2.24, 2.45) is 0 Å². The van der Waals surface area contributed by atoms with E-state index in [1.807, 2.05) is 0 Å². The number of methoxy groups -OCH3 is 1. The number of allylic oxidation sites excluding steroid dienone is 3. The minimum Gasteiger partial charge on any atom is -0.511 e. The Balaban J connectivity index is 3.07. The SMILES string of the molecule is CCOC(=O)Cc1ccc(OC)cc1OC(F)=C/C(Br)=C(/O)CC. The van der Waals surface area contributed by atoms with Crippen LogP contribution in [0.3, 0.4) is 0 Å². The zero-order chi connectivity index (χ0) is 18.1. The molecular weight excluding hydrogens is 383 g/mol. The van der Waals surface area contributed by atoms with Gasteiger partial charge in [0.25, 0.3) is 6.01 Å². The molecule has 0 aliphatic rings. The van der Waals surface area contributed by atoms with E-state index in [-0.39, 0.29) is 29.0 Å². The lowest BCUT2D eigenvalue weighted by atomic mass is 10.1. The van der Waals surface area contributed by atoms with Crippen LogP contribution in [-0.2, 0) is 16.0 Å². The minimum absolute atomic E-state index is 0.00820. The van der Waals surface area contributed by atoms with Crippen molar-refractivity contribution in [3.05, 3.63) is 46.1 Å². The Morgan fingerprint density at radius 1 is 1.38 bits per heavy atom. The molecule has 0 aliphatic carbocycles. The number of ether oxygens (including phenoxy) is 3. The third-order valence-electron chi connectivity index (χ3n) is 2.97. The van der Waals surface area contributed by atoms with Gasteiger partial charge >= 0.3 is 5.97 Å². The van der Waals surface area contributed by atoms with Crippen LogP contribution < -0.4 is 9.47 Å². The number of benzene rings is 1. The van der Waals surface area contributed by atoms with Gasteiger partial charge in [-0.2, -0.15) is 4.39 Å². The van der Waals surface area contributed by atoms with Crippen molar-refractivity contribution >= 4 is 21.9 Å². The molecule has 0 heterocycles. The van der Waals surface area contributed by atoms with E-state index in [0.29, 0.717) is 17.7 Å². The normalized spacial score (nSPS) is 12.5. The molecule has 1 rings (SSSR count). The van der Waals surface area contributed by atoms with Gasteiger partial charge in [0.2, 0.25) is 0 Å². The van der Waals surface area contributed by atoms with Gasteiger partial charge in [-0.05, 0) is 28.9 Å². The molecule has 7 heteroatoms. The zero-order valence-corrected chi connectivity index (χ0v) is 15.4. The van der Waals surface area contributed by atoms with Crippen LogP contribution in [0.25, 0.3) is 0 Å². The van der Waals surface area contributed by atoms with Gasteiger partial charge in [0.05, 0.1) is 24.6 Å². The number of hydrogen-bond acceptors (Lipinski definition) is 5. The molecular formula is C17H20BrFO5. The Bertz CT molecular complexity index is 640. The molecule has 0 unspecified atom stereocenters. The van der Waals surface area contributed by atoms with Gasteiger partial charge in [0, 0.05) is 24.1 Å². The van der Waals surface area contributed by atoms with Crippen molar-refractivity contribution in [3.8, 4) is 11.5 Å². The summed E-state index contributed by atoms with van der Waals surface area (Å²) in [6.45, 7) is 3.69. The Morgan fingerprint density at radius 3 is 2.67 bits per heavy atom. The highest BCUT2D eigenvalue weighted by Gasteiger charge is 2.13. The van der Waals surface area contributed by atoms with Crippen LogP contribution >= 0.6 is 15.9 Å². The average Bonchev–Trinajstić information content (AvgIpc) is 2.55. The van der Waals surface area contributed by atoms with E-state index >= 15 is 0 Å². The van der Waals surface area contributed by atoms with Gasteiger partial charge in [-0.1, -0.05) is 13.0 Å². The third kappa shape index (κ3) is 6.23. The molecule has 0 atom stereocenters. The number of halogens is 2. The van der Waals surface area contributed by atoms with Crippen LogP contribution in [0.4, 0.5) is 4.39 Å². The summed E-state index contributed by atoms with van der Waals surface area (Å²) in [5.41, 5.74) is 0.456. The van der Waals surface area contributed by atoms with Crippen LogP contribution in [-0.4, -0.2) is 24.8 Å². The van der Waals surface area contributed by atoms with Gasteiger partial charge in [-0.3, -0.25) is 4.79 Å². The second-order valence-corrected chi connectivity index (χ2v) is 5.51. The monoisotopic (exact) mass is 402 g/mol. The summed E-state index contributed by atoms with van der Waals surface area (Å²) >= 11 is 3.06. The first-order valence-electron chi connectivity index (χ1n) is 7.36. The van der Waals surface area contributed by atoms with Gasteiger partial charge in [0.15, 0.2) is 0 Å². The summed E-state index contributed by atoms with van der Waals surface area (Å²) in [7, 11) is 1.47. The van der Waals surface area contributed by atoms with Crippen LogP contribution in [0.15, 0.2) is 40.5 Å². The molecule has 0 saturated carbocycles. The smallest absolute Gasteiger partial charge is 0.310 e. The average molecular weight is 403 g/mol. The summed E-state index contributed by atoms with van der Waals surface area (Å²) in [5.74, 6) is 0.136. The van der Waals surface area contributed by atoms with Crippen molar-refractivity contribution in [1.29, 1.82) is 0 Å². The van der Waals surface area contributed by atoms with Crippen molar-refractivity contribution in [1.82, 2.24) is 0 Å². The van der Waals surface area contributed by atoms with Crippen molar-refractivity contribution in [3.63, 3.8) is 0 Å². The Labute approximate surface area is 148 Å². The van der Waals surface area contributed by atoms with Crippen molar-refractivity contribution in [2.75, 3.05) is 13.7 Å². The number of carbonyl (C=O) groups is 1. The van der Waals surface area contributed by atoms with Crippen molar-refractivity contribution in [2.45, 2.75) is 26.7 Å². The lowest BCUT2D eigenvalue weighted by molar-refractivity contribution is -0.142. The number of rotatable bonds is 8. The molecule has 5 nitrogen and oxygen atoms in total. The molecule has 0 fully saturated rings. The number of carbonyl (C=O) groups excluding carboxylic acids is 1. The zero-order valence-electron chi connectivity index (χ0n) is 13.8. The maximum absolute atomic E-state index is 14.0. The van der Waals surface area contributed by atoms with Gasteiger partial charge in [-0.15, -0.1) is 0 Å². The summed E-state index contributed by atoms with van der Waals surface area (Å²) in [6.07, 6.45) is 1.29. The largest absolute Gasteiger partial charge is 0.511 e. The number of aliphatic hydroxyl groups excluding tert-OH is 1. The molecule has 24 heavy (non-hydrogen) atoms. The first kappa shape index (κ1) is 20.0. The molecule has 1 aromatic carbocycles. The van der Waals surface area contributed by atoms with E-state index in [9.17, 15) is 14.3 Å². The molecule has 0 bridgehead atoms. The summed E-state index contributed by atoms with van der Waals surface area (Å²) in [5, 5.41) is 9.54. The van der Waals surface area contributed by atoms with E-state index < -0.39 is 12.0 Å². The van der Waals surface area contributed by atoms with Crippen LogP contribution in [0, 0.1) is 0 Å². The van der Waals surface area contributed by atoms with Gasteiger partial charge < -0.3 is 19.3 Å². The topological polar surface area (TPSA) is 65.0 Å². The first-order valence-corrected chi connectivity index (χ1v) is 8.15. The predicted octanol–water partition coefficient (Wildman–Crippen LogP) is 4.57. The lowest BCUT2D eigenvalue weighted by Gasteiger charge is -2.11. The third-order valence-corrected chi connectivity index (χ3v) is 3.66. The standard InChI is InChI=1S/C17H20BrFO5/c1-4-14(20)13(18)10-16(19)24-15-9-12(22-3)7-6-11(15)8-17(21)23-5-2/h6-7,9-10,20H,4-5,8H2,1-3H3/b14-13-,16-10?. The Kier molecular flexibility index (Phi) is 8.32. The fourth-order valence-electron chi connectivity index (χ4n) is 1.76. The molecule has 1 N–H and O–H groups in total. The maximum Gasteiger partial charge on any atom is 0.310 e. The molecule has 0 saturated heterocycles.